The molecule has 2 atom stereocenters. The third-order valence-corrected chi connectivity index (χ3v) is 5.37. The predicted octanol–water partition coefficient (Wildman–Crippen LogP) is 4.16. The molecule has 6 nitrogen and oxygen atoms in total. The molecule has 3 N–H and O–H groups in total. The number of H-pyrrole nitrogens is 1. The van der Waals surface area contributed by atoms with Gasteiger partial charge in [-0.05, 0) is 61.9 Å². The Balaban J connectivity index is 1.62. The van der Waals surface area contributed by atoms with Crippen LogP contribution in [-0.2, 0) is 10.3 Å². The molecular formula is C25H24FN3O3. The van der Waals surface area contributed by atoms with Crippen LogP contribution in [0.1, 0.15) is 19.4 Å². The summed E-state index contributed by atoms with van der Waals surface area (Å²) < 4.78 is 19.4. The van der Waals surface area contributed by atoms with Crippen LogP contribution in [0.25, 0.3) is 22.2 Å². The van der Waals surface area contributed by atoms with Crippen LogP contribution >= 0.6 is 0 Å². The fourth-order valence-electron chi connectivity index (χ4n) is 3.51. The molecule has 0 saturated heterocycles. The highest BCUT2D eigenvalue weighted by atomic mass is 19.1. The molecule has 3 aromatic carbocycles. The summed E-state index contributed by atoms with van der Waals surface area (Å²) in [6.45, 7) is 3.42. The molecule has 0 aliphatic rings. The highest BCUT2D eigenvalue weighted by molar-refractivity contribution is 5.93. The van der Waals surface area contributed by atoms with Crippen molar-refractivity contribution in [2.24, 2.45) is 0 Å². The second-order valence-electron chi connectivity index (χ2n) is 7.94. The van der Waals surface area contributed by atoms with E-state index in [1.165, 1.54) is 19.1 Å². The van der Waals surface area contributed by atoms with Gasteiger partial charge in [0, 0.05) is 10.9 Å². The fraction of sp³-hybridized carbons (Fsp3) is 0.200. The van der Waals surface area contributed by atoms with E-state index in [4.69, 9.17) is 4.74 Å². The number of aliphatic hydroxyl groups excluding tert-OH is 1. The summed E-state index contributed by atoms with van der Waals surface area (Å²) in [7, 11) is 0. The van der Waals surface area contributed by atoms with Crippen molar-refractivity contribution in [1.29, 1.82) is 0 Å². The highest BCUT2D eigenvalue weighted by Gasteiger charge is 2.31. The van der Waals surface area contributed by atoms with Gasteiger partial charge in [-0.15, -0.1) is 0 Å². The van der Waals surface area contributed by atoms with Gasteiger partial charge in [-0.2, -0.15) is 5.10 Å². The van der Waals surface area contributed by atoms with Crippen molar-refractivity contribution >= 4 is 16.8 Å². The maximum Gasteiger partial charge on any atom is 0.249 e. The highest BCUT2D eigenvalue weighted by Crippen LogP contribution is 2.30. The van der Waals surface area contributed by atoms with Crippen LogP contribution in [0.5, 0.6) is 5.75 Å². The standard InChI is InChI=1S/C25H24FN3O3/c1-16(30)24(31)27-25(2,18-6-4-3-5-7-18)15-32-20-12-13-22-21(14-20)23(29-28-22)17-8-10-19(26)11-9-17/h3-14,16,30H,15H2,1-2H3,(H,27,31)(H,28,29)/t16-,25+/m0/s1. The zero-order chi connectivity index (χ0) is 22.7. The summed E-state index contributed by atoms with van der Waals surface area (Å²) in [6, 6.07) is 21.1. The number of fused-ring (bicyclic) bond motifs is 1. The lowest BCUT2D eigenvalue weighted by Crippen LogP contribution is -2.50. The molecule has 4 rings (SSSR count). The molecule has 0 radical (unpaired) electrons. The minimum Gasteiger partial charge on any atom is -0.491 e. The van der Waals surface area contributed by atoms with Crippen molar-refractivity contribution in [3.05, 3.63) is 84.2 Å². The van der Waals surface area contributed by atoms with Crippen LogP contribution in [0.4, 0.5) is 4.39 Å². The van der Waals surface area contributed by atoms with Crippen LogP contribution in [-0.4, -0.2) is 33.9 Å². The number of aliphatic hydroxyl groups is 1. The Morgan fingerprint density at radius 1 is 1.16 bits per heavy atom. The number of aromatic nitrogens is 2. The second kappa shape index (κ2) is 8.80. The number of nitrogens with one attached hydrogen (secondary N) is 2. The van der Waals surface area contributed by atoms with Gasteiger partial charge in [-0.1, -0.05) is 30.3 Å². The smallest absolute Gasteiger partial charge is 0.249 e. The molecule has 0 unspecified atom stereocenters. The lowest BCUT2D eigenvalue weighted by atomic mass is 9.92. The Morgan fingerprint density at radius 2 is 1.88 bits per heavy atom. The monoisotopic (exact) mass is 433 g/mol. The summed E-state index contributed by atoms with van der Waals surface area (Å²) in [5.74, 6) is -0.198. The molecule has 1 amide bonds. The normalized spacial score (nSPS) is 14.0. The number of hydrogen-bond acceptors (Lipinski definition) is 4. The average Bonchev–Trinajstić information content (AvgIpc) is 3.22. The SMILES string of the molecule is C[C@H](O)C(=O)N[C@](C)(COc1ccc2[nH]nc(-c3ccc(F)cc3)c2c1)c1ccccc1. The van der Waals surface area contributed by atoms with Gasteiger partial charge < -0.3 is 15.2 Å². The van der Waals surface area contributed by atoms with E-state index >= 15 is 0 Å². The number of hydrogen-bond donors (Lipinski definition) is 3. The quantitative estimate of drug-likeness (QED) is 0.408. The first-order valence-electron chi connectivity index (χ1n) is 10.3. The van der Waals surface area contributed by atoms with Gasteiger partial charge >= 0.3 is 0 Å². The fourth-order valence-corrected chi connectivity index (χ4v) is 3.51. The van der Waals surface area contributed by atoms with Crippen LogP contribution in [0.15, 0.2) is 72.8 Å². The van der Waals surface area contributed by atoms with Crippen molar-refractivity contribution in [3.8, 4) is 17.0 Å². The van der Waals surface area contributed by atoms with Crippen molar-refractivity contribution in [2.75, 3.05) is 6.61 Å². The topological polar surface area (TPSA) is 87.2 Å². The molecule has 0 aliphatic heterocycles. The minimum atomic E-state index is -1.14. The Kier molecular flexibility index (Phi) is 5.92. The van der Waals surface area contributed by atoms with Crippen molar-refractivity contribution in [1.82, 2.24) is 15.5 Å². The number of amides is 1. The number of aromatic amines is 1. The van der Waals surface area contributed by atoms with Crippen LogP contribution in [0.3, 0.4) is 0 Å². The zero-order valence-corrected chi connectivity index (χ0v) is 17.8. The van der Waals surface area contributed by atoms with E-state index in [0.717, 1.165) is 22.0 Å². The molecule has 4 aromatic rings. The summed E-state index contributed by atoms with van der Waals surface area (Å²) in [6.07, 6.45) is -1.14. The van der Waals surface area contributed by atoms with Crippen LogP contribution in [0.2, 0.25) is 0 Å². The number of rotatable bonds is 7. The molecule has 1 aromatic heterocycles. The average molecular weight is 433 g/mol. The van der Waals surface area contributed by atoms with E-state index in [1.54, 1.807) is 12.1 Å². The summed E-state index contributed by atoms with van der Waals surface area (Å²) in [4.78, 5) is 12.3. The summed E-state index contributed by atoms with van der Waals surface area (Å²) in [5, 5.41) is 20.7. The van der Waals surface area contributed by atoms with Gasteiger partial charge in [0.25, 0.3) is 0 Å². The van der Waals surface area contributed by atoms with E-state index in [2.05, 4.69) is 15.5 Å². The lowest BCUT2D eigenvalue weighted by Gasteiger charge is -2.32. The third-order valence-electron chi connectivity index (χ3n) is 5.37. The molecule has 0 fully saturated rings. The van der Waals surface area contributed by atoms with Gasteiger partial charge in [-0.25, -0.2) is 4.39 Å². The first-order valence-corrected chi connectivity index (χ1v) is 10.3. The number of ether oxygens (including phenoxy) is 1. The number of carbonyl (C=O) groups excluding carboxylic acids is 1. The first kappa shape index (κ1) is 21.5. The van der Waals surface area contributed by atoms with E-state index in [1.807, 2.05) is 55.5 Å². The molecular weight excluding hydrogens is 409 g/mol. The first-order chi connectivity index (χ1) is 15.4. The Bertz CT molecular complexity index is 1220. The van der Waals surface area contributed by atoms with Gasteiger partial charge in [0.15, 0.2) is 0 Å². The maximum absolute atomic E-state index is 13.3. The van der Waals surface area contributed by atoms with E-state index < -0.39 is 17.6 Å². The number of halogens is 1. The minimum absolute atomic E-state index is 0.144. The largest absolute Gasteiger partial charge is 0.491 e. The molecule has 7 heteroatoms. The zero-order valence-electron chi connectivity index (χ0n) is 17.8. The Hall–Kier alpha value is -3.71. The van der Waals surface area contributed by atoms with Gasteiger partial charge in [-0.3, -0.25) is 9.89 Å². The van der Waals surface area contributed by atoms with E-state index in [9.17, 15) is 14.3 Å². The van der Waals surface area contributed by atoms with Gasteiger partial charge in [0.2, 0.25) is 5.91 Å². The van der Waals surface area contributed by atoms with Crippen molar-refractivity contribution in [2.45, 2.75) is 25.5 Å². The van der Waals surface area contributed by atoms with Crippen LogP contribution < -0.4 is 10.1 Å². The Morgan fingerprint density at radius 3 is 2.56 bits per heavy atom. The second-order valence-corrected chi connectivity index (χ2v) is 7.94. The number of carbonyl (C=O) groups is 1. The number of benzene rings is 3. The summed E-state index contributed by atoms with van der Waals surface area (Å²) >= 11 is 0. The summed E-state index contributed by atoms with van der Waals surface area (Å²) in [5.41, 5.74) is 2.29. The lowest BCUT2D eigenvalue weighted by molar-refractivity contribution is -0.130. The van der Waals surface area contributed by atoms with E-state index in [-0.39, 0.29) is 12.4 Å². The molecule has 32 heavy (non-hydrogen) atoms. The molecule has 0 spiro atoms. The van der Waals surface area contributed by atoms with Crippen LogP contribution in [0, 0.1) is 5.82 Å². The van der Waals surface area contributed by atoms with Gasteiger partial charge in [0.05, 0.1) is 11.1 Å². The van der Waals surface area contributed by atoms with E-state index in [0.29, 0.717) is 11.4 Å². The third kappa shape index (κ3) is 4.48. The maximum atomic E-state index is 13.3. The predicted molar refractivity (Wildman–Crippen MR) is 121 cm³/mol. The number of nitrogens with zero attached hydrogens (tertiary/aromatic N) is 1. The molecule has 0 bridgehead atoms. The van der Waals surface area contributed by atoms with Crippen molar-refractivity contribution in [3.63, 3.8) is 0 Å². The molecule has 1 heterocycles. The Labute approximate surface area is 185 Å². The molecule has 0 saturated carbocycles. The molecule has 0 aliphatic carbocycles. The van der Waals surface area contributed by atoms with Gasteiger partial charge in [0.1, 0.15) is 30.0 Å². The molecule has 164 valence electrons. The van der Waals surface area contributed by atoms with Crippen molar-refractivity contribution < 1.29 is 19.0 Å².